The van der Waals surface area contributed by atoms with Gasteiger partial charge in [-0.2, -0.15) is 0 Å². The van der Waals surface area contributed by atoms with Gasteiger partial charge in [0.25, 0.3) is 0 Å². The lowest BCUT2D eigenvalue weighted by atomic mass is 10.1. The molecule has 1 aromatic carbocycles. The van der Waals surface area contributed by atoms with E-state index in [0.29, 0.717) is 15.9 Å². The Morgan fingerprint density at radius 3 is 2.71 bits per heavy atom. The third-order valence-corrected chi connectivity index (χ3v) is 3.78. The van der Waals surface area contributed by atoms with Gasteiger partial charge in [-0.1, -0.05) is 35.3 Å². The van der Waals surface area contributed by atoms with E-state index in [1.807, 2.05) is 24.3 Å². The summed E-state index contributed by atoms with van der Waals surface area (Å²) < 4.78 is 5.72. The molecule has 3 rings (SSSR count). The zero-order valence-electron chi connectivity index (χ0n) is 11.3. The third-order valence-electron chi connectivity index (χ3n) is 3.28. The van der Waals surface area contributed by atoms with Crippen LogP contribution in [0.15, 0.2) is 36.5 Å². The van der Waals surface area contributed by atoms with E-state index in [1.165, 1.54) is 0 Å². The summed E-state index contributed by atoms with van der Waals surface area (Å²) >= 11 is 11.9. The Morgan fingerprint density at radius 2 is 2.05 bits per heavy atom. The SMILES string of the molecule is Clc1cnc(Nc2ccc([C@H]3CNCCO3)cc2)c(Cl)c1. The fourth-order valence-electron chi connectivity index (χ4n) is 2.20. The summed E-state index contributed by atoms with van der Waals surface area (Å²) in [5.74, 6) is 0.587. The van der Waals surface area contributed by atoms with Gasteiger partial charge < -0.3 is 15.4 Å². The van der Waals surface area contributed by atoms with Crippen molar-refractivity contribution in [2.75, 3.05) is 25.0 Å². The average molecular weight is 324 g/mol. The molecule has 6 heteroatoms. The van der Waals surface area contributed by atoms with Crippen LogP contribution in [0.3, 0.4) is 0 Å². The lowest BCUT2D eigenvalue weighted by Gasteiger charge is -2.24. The molecule has 0 unspecified atom stereocenters. The van der Waals surface area contributed by atoms with Crippen molar-refractivity contribution in [2.24, 2.45) is 0 Å². The molecule has 0 amide bonds. The van der Waals surface area contributed by atoms with Crippen LogP contribution >= 0.6 is 23.2 Å². The first-order valence-electron chi connectivity index (χ1n) is 6.73. The van der Waals surface area contributed by atoms with Gasteiger partial charge >= 0.3 is 0 Å². The Hall–Kier alpha value is -1.33. The van der Waals surface area contributed by atoms with Crippen LogP contribution in [0.4, 0.5) is 11.5 Å². The van der Waals surface area contributed by atoms with Crippen molar-refractivity contribution >= 4 is 34.7 Å². The number of anilines is 2. The number of halogens is 2. The third kappa shape index (κ3) is 3.66. The van der Waals surface area contributed by atoms with Gasteiger partial charge in [-0.05, 0) is 23.8 Å². The van der Waals surface area contributed by atoms with E-state index in [9.17, 15) is 0 Å². The van der Waals surface area contributed by atoms with Gasteiger partial charge in [0.1, 0.15) is 5.82 Å². The normalized spacial score (nSPS) is 18.5. The first kappa shape index (κ1) is 14.6. The van der Waals surface area contributed by atoms with Crippen LogP contribution in [-0.4, -0.2) is 24.7 Å². The molecule has 0 bridgehead atoms. The van der Waals surface area contributed by atoms with E-state index in [1.54, 1.807) is 12.3 Å². The highest BCUT2D eigenvalue weighted by Gasteiger charge is 2.15. The van der Waals surface area contributed by atoms with Crippen molar-refractivity contribution in [3.05, 3.63) is 52.1 Å². The fourth-order valence-corrected chi connectivity index (χ4v) is 2.63. The number of hydrogen-bond acceptors (Lipinski definition) is 4. The van der Waals surface area contributed by atoms with Crippen molar-refractivity contribution in [2.45, 2.75) is 6.10 Å². The molecule has 1 aliphatic rings. The second-order valence-electron chi connectivity index (χ2n) is 4.79. The molecule has 1 aliphatic heterocycles. The number of morpholine rings is 1. The minimum absolute atomic E-state index is 0.116. The predicted octanol–water partition coefficient (Wildman–Crippen LogP) is 3.79. The Kier molecular flexibility index (Phi) is 4.60. The monoisotopic (exact) mass is 323 g/mol. The number of pyridine rings is 1. The summed E-state index contributed by atoms with van der Waals surface area (Å²) in [4.78, 5) is 4.18. The van der Waals surface area contributed by atoms with E-state index in [4.69, 9.17) is 27.9 Å². The van der Waals surface area contributed by atoms with Crippen molar-refractivity contribution in [1.82, 2.24) is 10.3 Å². The fraction of sp³-hybridized carbons (Fsp3) is 0.267. The van der Waals surface area contributed by atoms with Gasteiger partial charge in [0.05, 0.1) is 22.8 Å². The maximum Gasteiger partial charge on any atom is 0.149 e. The molecular formula is C15H15Cl2N3O. The van der Waals surface area contributed by atoms with E-state index < -0.39 is 0 Å². The van der Waals surface area contributed by atoms with Gasteiger partial charge in [0.15, 0.2) is 0 Å². The number of hydrogen-bond donors (Lipinski definition) is 2. The van der Waals surface area contributed by atoms with Crippen LogP contribution in [0.1, 0.15) is 11.7 Å². The highest BCUT2D eigenvalue weighted by atomic mass is 35.5. The van der Waals surface area contributed by atoms with Crippen molar-refractivity contribution in [3.8, 4) is 0 Å². The molecule has 21 heavy (non-hydrogen) atoms. The van der Waals surface area contributed by atoms with E-state index in [2.05, 4.69) is 15.6 Å². The van der Waals surface area contributed by atoms with Gasteiger partial charge in [0.2, 0.25) is 0 Å². The number of benzene rings is 1. The van der Waals surface area contributed by atoms with Crippen LogP contribution < -0.4 is 10.6 Å². The van der Waals surface area contributed by atoms with Crippen LogP contribution in [0.2, 0.25) is 10.0 Å². The molecule has 0 aliphatic carbocycles. The molecule has 1 aromatic heterocycles. The topological polar surface area (TPSA) is 46.2 Å². The molecule has 1 atom stereocenters. The van der Waals surface area contributed by atoms with Crippen LogP contribution in [0.5, 0.6) is 0 Å². The van der Waals surface area contributed by atoms with Gasteiger partial charge in [-0.25, -0.2) is 4.98 Å². The standard InChI is InChI=1S/C15H15Cl2N3O/c16-11-7-13(17)15(19-8-11)20-12-3-1-10(2-4-12)14-9-18-5-6-21-14/h1-4,7-8,14,18H,5-6,9H2,(H,19,20)/t14-/m1/s1. The van der Waals surface area contributed by atoms with E-state index in [0.717, 1.165) is 30.9 Å². The van der Waals surface area contributed by atoms with Crippen LogP contribution in [-0.2, 0) is 4.74 Å². The molecule has 0 spiro atoms. The highest BCUT2D eigenvalue weighted by Crippen LogP contribution is 2.27. The Balaban J connectivity index is 1.71. The number of aromatic nitrogens is 1. The molecular weight excluding hydrogens is 309 g/mol. The van der Waals surface area contributed by atoms with Crippen LogP contribution in [0, 0.1) is 0 Å². The average Bonchev–Trinajstić information content (AvgIpc) is 2.52. The van der Waals surface area contributed by atoms with E-state index >= 15 is 0 Å². The first-order chi connectivity index (χ1) is 10.2. The van der Waals surface area contributed by atoms with Gasteiger partial charge in [-0.3, -0.25) is 0 Å². The summed E-state index contributed by atoms with van der Waals surface area (Å²) in [5.41, 5.74) is 2.07. The van der Waals surface area contributed by atoms with E-state index in [-0.39, 0.29) is 6.10 Å². The molecule has 2 heterocycles. The Bertz CT molecular complexity index is 613. The molecule has 1 saturated heterocycles. The number of rotatable bonds is 3. The highest BCUT2D eigenvalue weighted by molar-refractivity contribution is 6.36. The second-order valence-corrected chi connectivity index (χ2v) is 5.64. The Labute approximate surface area is 133 Å². The largest absolute Gasteiger partial charge is 0.371 e. The summed E-state index contributed by atoms with van der Waals surface area (Å²) in [7, 11) is 0. The zero-order valence-corrected chi connectivity index (χ0v) is 12.8. The first-order valence-corrected chi connectivity index (χ1v) is 7.48. The number of ether oxygens (including phenoxy) is 1. The molecule has 1 fully saturated rings. The smallest absolute Gasteiger partial charge is 0.149 e. The minimum Gasteiger partial charge on any atom is -0.371 e. The van der Waals surface area contributed by atoms with Crippen molar-refractivity contribution < 1.29 is 4.74 Å². The molecule has 0 saturated carbocycles. The van der Waals surface area contributed by atoms with Crippen molar-refractivity contribution in [3.63, 3.8) is 0 Å². The lowest BCUT2D eigenvalue weighted by molar-refractivity contribution is 0.0277. The summed E-state index contributed by atoms with van der Waals surface area (Å²) in [6.45, 7) is 2.50. The zero-order chi connectivity index (χ0) is 14.7. The predicted molar refractivity (Wildman–Crippen MR) is 85.5 cm³/mol. The molecule has 2 aromatic rings. The Morgan fingerprint density at radius 1 is 1.24 bits per heavy atom. The molecule has 0 radical (unpaired) electrons. The number of nitrogens with zero attached hydrogens (tertiary/aromatic N) is 1. The lowest BCUT2D eigenvalue weighted by Crippen LogP contribution is -2.33. The summed E-state index contributed by atoms with van der Waals surface area (Å²) in [6.07, 6.45) is 1.68. The minimum atomic E-state index is 0.116. The summed E-state index contributed by atoms with van der Waals surface area (Å²) in [6, 6.07) is 9.72. The summed E-state index contributed by atoms with van der Waals surface area (Å²) in [5, 5.41) is 7.50. The quantitative estimate of drug-likeness (QED) is 0.902. The molecule has 110 valence electrons. The molecule has 2 N–H and O–H groups in total. The maximum absolute atomic E-state index is 6.09. The van der Waals surface area contributed by atoms with Gasteiger partial charge in [-0.15, -0.1) is 0 Å². The van der Waals surface area contributed by atoms with Crippen LogP contribution in [0.25, 0.3) is 0 Å². The maximum atomic E-state index is 6.09. The number of nitrogens with one attached hydrogen (secondary N) is 2. The van der Waals surface area contributed by atoms with Crippen molar-refractivity contribution in [1.29, 1.82) is 0 Å². The van der Waals surface area contributed by atoms with Gasteiger partial charge in [0, 0.05) is 25.0 Å². The second kappa shape index (κ2) is 6.62. The molecule has 4 nitrogen and oxygen atoms in total.